The van der Waals surface area contributed by atoms with Gasteiger partial charge in [0.1, 0.15) is 18.0 Å². The second kappa shape index (κ2) is 5.89. The van der Waals surface area contributed by atoms with E-state index in [1.807, 2.05) is 11.2 Å². The number of aromatic nitrogens is 3. The second-order valence-electron chi connectivity index (χ2n) is 6.59. The number of nitrogens with zero attached hydrogens (tertiary/aromatic N) is 4. The minimum atomic E-state index is -0.723. The number of piperidine rings is 1. The summed E-state index contributed by atoms with van der Waals surface area (Å²) in [6.45, 7) is 1.48. The highest BCUT2D eigenvalue weighted by atomic mass is 19.1. The van der Waals surface area contributed by atoms with E-state index in [0.29, 0.717) is 17.6 Å². The molecule has 2 heterocycles. The number of carbonyl (C=O) groups is 1. The fourth-order valence-corrected chi connectivity index (χ4v) is 3.58. The maximum absolute atomic E-state index is 14.0. The first-order valence-electron chi connectivity index (χ1n) is 8.38. The van der Waals surface area contributed by atoms with Crippen LogP contribution < -0.4 is 10.6 Å². The number of primary amides is 1. The predicted octanol–water partition coefficient (Wildman–Crippen LogP) is 2.24. The Labute approximate surface area is 139 Å². The number of hydrogen-bond donors (Lipinski definition) is 1. The molecule has 1 saturated heterocycles. The quantitative estimate of drug-likeness (QED) is 0.933. The average Bonchev–Trinajstić information content (AvgIpc) is 3.31. The summed E-state index contributed by atoms with van der Waals surface area (Å²) in [5.74, 6) is 0.135. The zero-order valence-corrected chi connectivity index (χ0v) is 13.4. The molecule has 0 radical (unpaired) electrons. The molecule has 1 amide bonds. The molecule has 2 aliphatic rings. The molecule has 2 N–H and O–H groups in total. The molecular weight excluding hydrogens is 309 g/mol. The number of hydrogen-bond acceptors (Lipinski definition) is 4. The van der Waals surface area contributed by atoms with Crippen LogP contribution in [0.15, 0.2) is 24.5 Å². The molecule has 2 fully saturated rings. The van der Waals surface area contributed by atoms with Gasteiger partial charge in [-0.3, -0.25) is 4.79 Å². The molecule has 0 bridgehead atoms. The number of rotatable bonds is 4. The van der Waals surface area contributed by atoms with Crippen molar-refractivity contribution in [1.29, 1.82) is 0 Å². The molecule has 7 heteroatoms. The van der Waals surface area contributed by atoms with Crippen LogP contribution in [0.4, 0.5) is 10.1 Å². The Morgan fingerprint density at radius 3 is 2.62 bits per heavy atom. The van der Waals surface area contributed by atoms with Crippen molar-refractivity contribution in [2.24, 2.45) is 5.73 Å². The molecular formula is C17H20FN5O. The molecule has 0 spiro atoms. The third-order valence-corrected chi connectivity index (χ3v) is 4.98. The first-order chi connectivity index (χ1) is 11.6. The minimum Gasteiger partial charge on any atom is -0.371 e. The van der Waals surface area contributed by atoms with Crippen LogP contribution >= 0.6 is 0 Å². The highest BCUT2D eigenvalue weighted by molar-refractivity contribution is 5.99. The van der Waals surface area contributed by atoms with E-state index in [2.05, 4.69) is 14.8 Å². The number of halogens is 1. The zero-order chi connectivity index (χ0) is 16.7. The van der Waals surface area contributed by atoms with Gasteiger partial charge in [-0.05, 0) is 37.8 Å². The molecule has 1 saturated carbocycles. The Hall–Kier alpha value is -2.44. The first kappa shape index (κ1) is 15.1. The molecule has 4 rings (SSSR count). The van der Waals surface area contributed by atoms with E-state index in [1.165, 1.54) is 18.9 Å². The fourth-order valence-electron chi connectivity index (χ4n) is 3.58. The summed E-state index contributed by atoms with van der Waals surface area (Å²) < 4.78 is 16.2. The Kier molecular flexibility index (Phi) is 3.70. The molecule has 1 aromatic carbocycles. The Balaban J connectivity index is 1.52. The van der Waals surface area contributed by atoms with E-state index < -0.39 is 11.7 Å². The summed E-state index contributed by atoms with van der Waals surface area (Å²) in [6.07, 6.45) is 6.04. The monoisotopic (exact) mass is 329 g/mol. The van der Waals surface area contributed by atoms with Crippen LogP contribution in [-0.4, -0.2) is 33.8 Å². The van der Waals surface area contributed by atoms with Crippen LogP contribution in [0.1, 0.15) is 53.8 Å². The van der Waals surface area contributed by atoms with Crippen LogP contribution in [0.5, 0.6) is 0 Å². The van der Waals surface area contributed by atoms with Crippen molar-refractivity contribution in [3.05, 3.63) is 41.7 Å². The van der Waals surface area contributed by atoms with Gasteiger partial charge in [0.25, 0.3) is 5.91 Å². The Bertz CT molecular complexity index is 762. The third kappa shape index (κ3) is 2.64. The van der Waals surface area contributed by atoms with Crippen molar-refractivity contribution in [3.8, 4) is 0 Å². The largest absolute Gasteiger partial charge is 0.371 e. The summed E-state index contributed by atoms with van der Waals surface area (Å²) >= 11 is 0. The van der Waals surface area contributed by atoms with Gasteiger partial charge < -0.3 is 15.2 Å². The van der Waals surface area contributed by atoms with E-state index >= 15 is 0 Å². The smallest absolute Gasteiger partial charge is 0.253 e. The summed E-state index contributed by atoms with van der Waals surface area (Å²) in [7, 11) is 0. The van der Waals surface area contributed by atoms with Crippen LogP contribution in [0, 0.1) is 5.82 Å². The van der Waals surface area contributed by atoms with Gasteiger partial charge in [-0.1, -0.05) is 6.07 Å². The van der Waals surface area contributed by atoms with Gasteiger partial charge in [-0.15, -0.1) is 10.2 Å². The standard InChI is InChI=1S/C17H20FN5O/c18-13-2-1-3-14(15(13)16(19)24)22-8-6-11(7-9-22)17-21-20-10-23(17)12-4-5-12/h1-3,10-12H,4-9H2,(H2,19,24). The normalized spacial score (nSPS) is 18.8. The predicted molar refractivity (Wildman–Crippen MR) is 87.4 cm³/mol. The van der Waals surface area contributed by atoms with E-state index in [0.717, 1.165) is 31.8 Å². The van der Waals surface area contributed by atoms with Crippen LogP contribution in [0.2, 0.25) is 0 Å². The minimum absolute atomic E-state index is 0.0166. The number of nitrogens with two attached hydrogens (primary N) is 1. The van der Waals surface area contributed by atoms with E-state index in [1.54, 1.807) is 12.1 Å². The lowest BCUT2D eigenvalue weighted by Crippen LogP contribution is -2.35. The molecule has 2 aromatic rings. The summed E-state index contributed by atoms with van der Waals surface area (Å²) in [4.78, 5) is 13.6. The highest BCUT2D eigenvalue weighted by Crippen LogP contribution is 2.39. The second-order valence-corrected chi connectivity index (χ2v) is 6.59. The molecule has 1 aliphatic heterocycles. The van der Waals surface area contributed by atoms with Gasteiger partial charge in [0.05, 0.1) is 11.3 Å². The Morgan fingerprint density at radius 2 is 1.96 bits per heavy atom. The molecule has 0 unspecified atom stereocenters. The highest BCUT2D eigenvalue weighted by Gasteiger charge is 2.31. The molecule has 0 atom stereocenters. The number of anilines is 1. The van der Waals surface area contributed by atoms with Crippen LogP contribution in [0.3, 0.4) is 0 Å². The van der Waals surface area contributed by atoms with Crippen molar-refractivity contribution in [2.75, 3.05) is 18.0 Å². The van der Waals surface area contributed by atoms with Crippen LogP contribution in [0.25, 0.3) is 0 Å². The van der Waals surface area contributed by atoms with Crippen molar-refractivity contribution < 1.29 is 9.18 Å². The van der Waals surface area contributed by atoms with Gasteiger partial charge in [0.2, 0.25) is 0 Å². The van der Waals surface area contributed by atoms with Gasteiger partial charge in [-0.25, -0.2) is 4.39 Å². The van der Waals surface area contributed by atoms with Gasteiger partial charge in [0, 0.05) is 25.0 Å². The van der Waals surface area contributed by atoms with E-state index in [4.69, 9.17) is 5.73 Å². The lowest BCUT2D eigenvalue weighted by molar-refractivity contribution is 0.0997. The fraction of sp³-hybridized carbons (Fsp3) is 0.471. The van der Waals surface area contributed by atoms with Crippen molar-refractivity contribution in [1.82, 2.24) is 14.8 Å². The van der Waals surface area contributed by atoms with Crippen LogP contribution in [-0.2, 0) is 0 Å². The zero-order valence-electron chi connectivity index (χ0n) is 13.4. The van der Waals surface area contributed by atoms with E-state index in [9.17, 15) is 9.18 Å². The maximum Gasteiger partial charge on any atom is 0.253 e. The van der Waals surface area contributed by atoms with Gasteiger partial charge in [-0.2, -0.15) is 0 Å². The molecule has 6 nitrogen and oxygen atoms in total. The van der Waals surface area contributed by atoms with Crippen molar-refractivity contribution in [2.45, 2.75) is 37.6 Å². The lowest BCUT2D eigenvalue weighted by Gasteiger charge is -2.34. The Morgan fingerprint density at radius 1 is 1.21 bits per heavy atom. The number of amides is 1. The van der Waals surface area contributed by atoms with Gasteiger partial charge >= 0.3 is 0 Å². The number of benzene rings is 1. The third-order valence-electron chi connectivity index (χ3n) is 4.98. The van der Waals surface area contributed by atoms with Gasteiger partial charge in [0.15, 0.2) is 0 Å². The summed E-state index contributed by atoms with van der Waals surface area (Å²) in [5.41, 5.74) is 5.93. The van der Waals surface area contributed by atoms with E-state index in [-0.39, 0.29) is 5.56 Å². The SMILES string of the molecule is NC(=O)c1c(F)cccc1N1CCC(c2nncn2C2CC2)CC1. The van der Waals surface area contributed by atoms with Crippen molar-refractivity contribution in [3.63, 3.8) is 0 Å². The van der Waals surface area contributed by atoms with Crippen molar-refractivity contribution >= 4 is 11.6 Å². The lowest BCUT2D eigenvalue weighted by atomic mass is 9.95. The molecule has 1 aromatic heterocycles. The molecule has 126 valence electrons. The number of carbonyl (C=O) groups excluding carboxylic acids is 1. The molecule has 24 heavy (non-hydrogen) atoms. The maximum atomic E-state index is 14.0. The molecule has 1 aliphatic carbocycles. The average molecular weight is 329 g/mol. The summed E-state index contributed by atoms with van der Waals surface area (Å²) in [5, 5.41) is 8.39. The topological polar surface area (TPSA) is 77.0 Å². The summed E-state index contributed by atoms with van der Waals surface area (Å²) in [6, 6.07) is 5.22. The first-order valence-corrected chi connectivity index (χ1v) is 8.38.